The first-order valence-electron chi connectivity index (χ1n) is 13.7. The highest BCUT2D eigenvalue weighted by molar-refractivity contribution is 7.92. The van der Waals surface area contributed by atoms with Gasteiger partial charge in [-0.2, -0.15) is 0 Å². The molecule has 2 aliphatic rings. The number of amides is 2. The molecule has 0 radical (unpaired) electrons. The van der Waals surface area contributed by atoms with Crippen molar-refractivity contribution in [2.75, 3.05) is 24.5 Å². The van der Waals surface area contributed by atoms with Gasteiger partial charge in [0.1, 0.15) is 17.7 Å². The van der Waals surface area contributed by atoms with E-state index in [4.69, 9.17) is 21.1 Å². The first-order chi connectivity index (χ1) is 21.5. The molecule has 6 rings (SSSR count). The summed E-state index contributed by atoms with van der Waals surface area (Å²) in [6.07, 6.45) is 0.686. The molecule has 2 aliphatic heterocycles. The molecule has 2 amide bonds. The van der Waals surface area contributed by atoms with Crippen LogP contribution in [0.3, 0.4) is 0 Å². The molecule has 12 heteroatoms. The fourth-order valence-corrected chi connectivity index (χ4v) is 7.30. The Morgan fingerprint density at radius 1 is 0.978 bits per heavy atom. The van der Waals surface area contributed by atoms with Crippen LogP contribution >= 0.6 is 11.6 Å². The average molecular weight is 651 g/mol. The summed E-state index contributed by atoms with van der Waals surface area (Å²) in [6.45, 7) is 1.13. The van der Waals surface area contributed by atoms with E-state index < -0.39 is 39.6 Å². The number of imide groups is 1. The molecule has 0 fully saturated rings. The van der Waals surface area contributed by atoms with Crippen molar-refractivity contribution in [1.29, 1.82) is 0 Å². The zero-order chi connectivity index (χ0) is 32.0. The Bertz CT molecular complexity index is 1960. The Kier molecular flexibility index (Phi) is 7.84. The standard InChI is InChI=1S/C33H25ClF2N2O6S/c1-19(31-25(34)8-5-9-26(31)35)14-20-10-12-30-28(15-20)38(45(41,42)22-11-13-29(43-2)27(36)16-22)18-21(44-30)17-37-32(39)23-6-3-4-7-24(23)33(37)40/h3-16,21H,17-18H2,1-2H3. The monoisotopic (exact) mass is 650 g/mol. The number of nitrogens with zero attached hydrogens (tertiary/aromatic N) is 2. The summed E-state index contributed by atoms with van der Waals surface area (Å²) in [5, 5.41) is 0.215. The van der Waals surface area contributed by atoms with Crippen LogP contribution < -0.4 is 13.8 Å². The molecule has 0 spiro atoms. The van der Waals surface area contributed by atoms with Crippen molar-refractivity contribution in [3.8, 4) is 11.5 Å². The highest BCUT2D eigenvalue weighted by Gasteiger charge is 2.41. The number of sulfonamides is 1. The lowest BCUT2D eigenvalue weighted by Gasteiger charge is -2.36. The maximum Gasteiger partial charge on any atom is 0.264 e. The summed E-state index contributed by atoms with van der Waals surface area (Å²) >= 11 is 6.25. The van der Waals surface area contributed by atoms with Crippen LogP contribution in [0.25, 0.3) is 11.6 Å². The lowest BCUT2D eigenvalue weighted by molar-refractivity contribution is 0.0573. The second-order valence-corrected chi connectivity index (χ2v) is 12.8. The number of methoxy groups -OCH3 is 1. The van der Waals surface area contributed by atoms with E-state index in [0.717, 1.165) is 15.3 Å². The summed E-state index contributed by atoms with van der Waals surface area (Å²) in [5.41, 5.74) is 1.83. The number of ether oxygens (including phenoxy) is 2. The predicted octanol–water partition coefficient (Wildman–Crippen LogP) is 6.44. The van der Waals surface area contributed by atoms with E-state index in [1.165, 1.54) is 31.4 Å². The molecule has 0 aromatic heterocycles. The Morgan fingerprint density at radius 3 is 2.33 bits per heavy atom. The zero-order valence-corrected chi connectivity index (χ0v) is 25.5. The van der Waals surface area contributed by atoms with Crippen molar-refractivity contribution in [2.24, 2.45) is 0 Å². The smallest absolute Gasteiger partial charge is 0.264 e. The molecular weight excluding hydrogens is 626 g/mol. The van der Waals surface area contributed by atoms with Gasteiger partial charge in [-0.05, 0) is 72.7 Å². The van der Waals surface area contributed by atoms with Gasteiger partial charge in [0.05, 0.1) is 46.9 Å². The quantitative estimate of drug-likeness (QED) is 0.169. The van der Waals surface area contributed by atoms with Gasteiger partial charge in [-0.25, -0.2) is 17.2 Å². The third-order valence-electron chi connectivity index (χ3n) is 7.63. The molecule has 0 bridgehead atoms. The van der Waals surface area contributed by atoms with E-state index >= 15 is 0 Å². The van der Waals surface area contributed by atoms with E-state index in [-0.39, 0.29) is 56.9 Å². The van der Waals surface area contributed by atoms with Crippen LogP contribution in [0.15, 0.2) is 83.8 Å². The highest BCUT2D eigenvalue weighted by atomic mass is 35.5. The normalized spacial score (nSPS) is 16.4. The third-order valence-corrected chi connectivity index (χ3v) is 9.72. The molecule has 1 atom stereocenters. The lowest BCUT2D eigenvalue weighted by atomic mass is 10.0. The van der Waals surface area contributed by atoms with Crippen LogP contribution in [0.5, 0.6) is 11.5 Å². The Morgan fingerprint density at radius 2 is 1.69 bits per heavy atom. The average Bonchev–Trinajstić information content (AvgIpc) is 3.25. The second-order valence-electron chi connectivity index (χ2n) is 10.5. The maximum absolute atomic E-state index is 14.7. The minimum Gasteiger partial charge on any atom is -0.494 e. The Labute approximate surface area is 263 Å². The minimum atomic E-state index is -4.41. The van der Waals surface area contributed by atoms with Crippen molar-refractivity contribution in [2.45, 2.75) is 17.9 Å². The van der Waals surface area contributed by atoms with Crippen molar-refractivity contribution in [3.63, 3.8) is 0 Å². The van der Waals surface area contributed by atoms with Gasteiger partial charge in [0.25, 0.3) is 21.8 Å². The molecule has 45 heavy (non-hydrogen) atoms. The number of halogens is 3. The third kappa shape index (κ3) is 5.42. The Hall–Kier alpha value is -4.74. The molecule has 4 aromatic rings. The number of benzene rings is 4. The summed E-state index contributed by atoms with van der Waals surface area (Å²) in [6, 6.07) is 18.8. The zero-order valence-electron chi connectivity index (χ0n) is 24.0. The van der Waals surface area contributed by atoms with Gasteiger partial charge in [0, 0.05) is 5.56 Å². The first-order valence-corrected chi connectivity index (χ1v) is 15.6. The number of rotatable bonds is 7. The minimum absolute atomic E-state index is 0.130. The van der Waals surface area contributed by atoms with Gasteiger partial charge in [0.15, 0.2) is 11.6 Å². The van der Waals surface area contributed by atoms with Crippen molar-refractivity contribution < 1.29 is 36.3 Å². The number of fused-ring (bicyclic) bond motifs is 2. The lowest BCUT2D eigenvalue weighted by Crippen LogP contribution is -2.49. The van der Waals surface area contributed by atoms with Crippen LogP contribution in [0, 0.1) is 11.6 Å². The first kappa shape index (κ1) is 30.3. The van der Waals surface area contributed by atoms with E-state index in [9.17, 15) is 26.8 Å². The van der Waals surface area contributed by atoms with E-state index in [1.54, 1.807) is 61.5 Å². The van der Waals surface area contributed by atoms with Crippen molar-refractivity contribution in [3.05, 3.63) is 118 Å². The number of carbonyl (C=O) groups excluding carboxylic acids is 2. The van der Waals surface area contributed by atoms with Gasteiger partial charge in [-0.3, -0.25) is 18.8 Å². The molecule has 0 aliphatic carbocycles. The summed E-state index contributed by atoms with van der Waals surface area (Å²) in [7, 11) is -3.15. The van der Waals surface area contributed by atoms with Gasteiger partial charge in [0.2, 0.25) is 0 Å². The molecule has 4 aromatic carbocycles. The van der Waals surface area contributed by atoms with Crippen LogP contribution in [-0.2, 0) is 10.0 Å². The molecule has 0 saturated carbocycles. The number of allylic oxidation sites excluding steroid dienone is 1. The van der Waals surface area contributed by atoms with Crippen molar-refractivity contribution >= 4 is 50.8 Å². The number of anilines is 1. The van der Waals surface area contributed by atoms with Crippen LogP contribution in [-0.4, -0.2) is 51.4 Å². The number of carbonyl (C=O) groups is 2. The molecule has 2 heterocycles. The summed E-state index contributed by atoms with van der Waals surface area (Å²) < 4.78 is 69.6. The predicted molar refractivity (Wildman–Crippen MR) is 165 cm³/mol. The van der Waals surface area contributed by atoms with Gasteiger partial charge < -0.3 is 9.47 Å². The van der Waals surface area contributed by atoms with E-state index in [0.29, 0.717) is 11.1 Å². The van der Waals surface area contributed by atoms with E-state index in [2.05, 4.69) is 0 Å². The van der Waals surface area contributed by atoms with Gasteiger partial charge in [-0.15, -0.1) is 0 Å². The molecule has 0 N–H and O–H groups in total. The summed E-state index contributed by atoms with van der Waals surface area (Å²) in [5.74, 6) is -2.39. The van der Waals surface area contributed by atoms with Crippen molar-refractivity contribution in [1.82, 2.24) is 4.90 Å². The van der Waals surface area contributed by atoms with Crippen LogP contribution in [0.2, 0.25) is 5.02 Å². The number of hydrogen-bond acceptors (Lipinski definition) is 6. The van der Waals surface area contributed by atoms with Gasteiger partial charge >= 0.3 is 0 Å². The van der Waals surface area contributed by atoms with E-state index in [1.807, 2.05) is 0 Å². The fourth-order valence-electron chi connectivity index (χ4n) is 5.48. The molecule has 8 nitrogen and oxygen atoms in total. The molecule has 230 valence electrons. The second kappa shape index (κ2) is 11.6. The maximum atomic E-state index is 14.7. The van der Waals surface area contributed by atoms with Crippen LogP contribution in [0.1, 0.15) is 38.8 Å². The largest absolute Gasteiger partial charge is 0.494 e. The number of hydrogen-bond donors (Lipinski definition) is 0. The van der Waals surface area contributed by atoms with Crippen LogP contribution in [0.4, 0.5) is 14.5 Å². The molecule has 0 saturated heterocycles. The molecular formula is C33H25ClF2N2O6S. The topological polar surface area (TPSA) is 93.2 Å². The Balaban J connectivity index is 1.40. The summed E-state index contributed by atoms with van der Waals surface area (Å²) in [4.78, 5) is 26.8. The fraction of sp³-hybridized carbons (Fsp3) is 0.152. The van der Waals surface area contributed by atoms with Gasteiger partial charge in [-0.1, -0.05) is 41.9 Å². The highest BCUT2D eigenvalue weighted by Crippen LogP contribution is 2.40. The molecule has 1 unspecified atom stereocenters. The SMILES string of the molecule is COc1ccc(S(=O)(=O)N2CC(CN3C(=O)c4ccccc4C3=O)Oc3ccc(C=C(C)c4c(F)cccc4Cl)cc32)cc1F.